The van der Waals surface area contributed by atoms with Gasteiger partial charge in [0.05, 0.1) is 10.5 Å². The molecule has 0 spiro atoms. The van der Waals surface area contributed by atoms with Crippen molar-refractivity contribution < 1.29 is 22.9 Å². The predicted molar refractivity (Wildman–Crippen MR) is 107 cm³/mol. The lowest BCUT2D eigenvalue weighted by Gasteiger charge is -2.12. The van der Waals surface area contributed by atoms with Crippen molar-refractivity contribution in [2.24, 2.45) is 0 Å². The van der Waals surface area contributed by atoms with Gasteiger partial charge in [0.1, 0.15) is 6.33 Å². The van der Waals surface area contributed by atoms with Crippen LogP contribution in [0.4, 0.5) is 47.6 Å². The highest BCUT2D eigenvalue weighted by molar-refractivity contribution is 5.89. The number of rotatable bonds is 6. The molecule has 9 nitrogen and oxygen atoms in total. The van der Waals surface area contributed by atoms with E-state index in [1.807, 2.05) is 0 Å². The van der Waals surface area contributed by atoms with Crippen LogP contribution in [0.25, 0.3) is 0 Å². The molecule has 0 radical (unpaired) electrons. The Morgan fingerprint density at radius 2 is 1.55 bits per heavy atom. The van der Waals surface area contributed by atoms with Gasteiger partial charge in [-0.05, 0) is 42.5 Å². The van der Waals surface area contributed by atoms with Crippen LogP contribution in [0.2, 0.25) is 0 Å². The molecular weight excluding hydrogens is 417 g/mol. The highest BCUT2D eigenvalue weighted by Gasteiger charge is 2.31. The Morgan fingerprint density at radius 3 is 2.10 bits per heavy atom. The largest absolute Gasteiger partial charge is 0.416 e. The number of benzene rings is 2. The molecule has 1 amide bonds. The summed E-state index contributed by atoms with van der Waals surface area (Å²) in [6, 6.07) is 10.5. The second-order valence-electron chi connectivity index (χ2n) is 6.26. The number of halogens is 3. The average Bonchev–Trinajstić information content (AvgIpc) is 2.68. The zero-order valence-corrected chi connectivity index (χ0v) is 15.9. The molecule has 0 fully saturated rings. The molecule has 3 rings (SSSR count). The summed E-state index contributed by atoms with van der Waals surface area (Å²) in [7, 11) is 0. The summed E-state index contributed by atoms with van der Waals surface area (Å²) < 4.78 is 38.8. The molecule has 0 bridgehead atoms. The topological polar surface area (TPSA) is 122 Å². The lowest BCUT2D eigenvalue weighted by atomic mass is 10.2. The summed E-state index contributed by atoms with van der Waals surface area (Å²) in [5, 5.41) is 19.5. The maximum Gasteiger partial charge on any atom is 0.416 e. The first-order valence-electron chi connectivity index (χ1n) is 8.72. The third-order valence-corrected chi connectivity index (χ3v) is 3.93. The molecule has 0 aliphatic carbocycles. The first-order valence-corrected chi connectivity index (χ1v) is 8.72. The number of carbonyl (C=O) groups excluding carboxylic acids is 1. The minimum absolute atomic E-state index is 0.0257. The zero-order chi connectivity index (χ0) is 22.6. The highest BCUT2D eigenvalue weighted by atomic mass is 19.4. The van der Waals surface area contributed by atoms with E-state index in [-0.39, 0.29) is 23.2 Å². The number of nitrogens with one attached hydrogen (secondary N) is 3. The van der Waals surface area contributed by atoms with E-state index in [9.17, 15) is 28.1 Å². The second-order valence-corrected chi connectivity index (χ2v) is 6.26. The van der Waals surface area contributed by atoms with E-state index in [4.69, 9.17) is 0 Å². The highest BCUT2D eigenvalue weighted by Crippen LogP contribution is 2.35. The molecule has 12 heteroatoms. The van der Waals surface area contributed by atoms with Crippen molar-refractivity contribution in [1.29, 1.82) is 0 Å². The van der Waals surface area contributed by atoms with Gasteiger partial charge < -0.3 is 16.0 Å². The molecule has 0 atom stereocenters. The Balaban J connectivity index is 1.90. The van der Waals surface area contributed by atoms with Crippen LogP contribution < -0.4 is 16.0 Å². The second kappa shape index (κ2) is 8.65. The van der Waals surface area contributed by atoms with Crippen molar-refractivity contribution in [2.75, 3.05) is 16.0 Å². The standard InChI is InChI=1S/C19H15F3N6O3/c1-11(29)25-13-5-7-14(8-6-13)26-17-16(28(30)31)18(24-10-23-17)27-15-4-2-3-12(9-15)19(20,21)22/h2-10H,1H3,(H,25,29)(H2,23,24,26,27). The Labute approximate surface area is 173 Å². The van der Waals surface area contributed by atoms with E-state index in [2.05, 4.69) is 25.9 Å². The first kappa shape index (κ1) is 21.5. The fraction of sp³-hybridized carbons (Fsp3) is 0.105. The van der Waals surface area contributed by atoms with Gasteiger partial charge in [0, 0.05) is 24.0 Å². The smallest absolute Gasteiger partial charge is 0.334 e. The molecule has 0 unspecified atom stereocenters. The van der Waals surface area contributed by atoms with Gasteiger partial charge in [-0.25, -0.2) is 9.97 Å². The zero-order valence-electron chi connectivity index (χ0n) is 15.9. The molecule has 0 aliphatic heterocycles. The number of nitro groups is 1. The molecule has 2 aromatic carbocycles. The number of anilines is 5. The molecule has 31 heavy (non-hydrogen) atoms. The minimum atomic E-state index is -4.56. The fourth-order valence-corrected chi connectivity index (χ4v) is 2.62. The molecular formula is C19H15F3N6O3. The Hall–Kier alpha value is -4.22. The van der Waals surface area contributed by atoms with Gasteiger partial charge in [0.2, 0.25) is 17.5 Å². The van der Waals surface area contributed by atoms with Crippen molar-refractivity contribution in [3.8, 4) is 0 Å². The van der Waals surface area contributed by atoms with Gasteiger partial charge in [-0.15, -0.1) is 0 Å². The Bertz CT molecular complexity index is 1120. The minimum Gasteiger partial charge on any atom is -0.334 e. The summed E-state index contributed by atoms with van der Waals surface area (Å²) in [4.78, 5) is 29.7. The van der Waals surface area contributed by atoms with Crippen LogP contribution in [0.3, 0.4) is 0 Å². The van der Waals surface area contributed by atoms with E-state index >= 15 is 0 Å². The third kappa shape index (κ3) is 5.44. The van der Waals surface area contributed by atoms with E-state index in [1.54, 1.807) is 24.3 Å². The normalized spacial score (nSPS) is 11.0. The number of aromatic nitrogens is 2. The number of hydrogen-bond acceptors (Lipinski definition) is 7. The summed E-state index contributed by atoms with van der Waals surface area (Å²) in [6.45, 7) is 1.36. The number of amides is 1. The van der Waals surface area contributed by atoms with Crippen molar-refractivity contribution in [3.63, 3.8) is 0 Å². The van der Waals surface area contributed by atoms with Gasteiger partial charge in [0.15, 0.2) is 0 Å². The van der Waals surface area contributed by atoms with Crippen molar-refractivity contribution in [2.45, 2.75) is 13.1 Å². The molecule has 160 valence electrons. The number of carbonyl (C=O) groups is 1. The van der Waals surface area contributed by atoms with E-state index in [0.717, 1.165) is 18.5 Å². The first-order chi connectivity index (χ1) is 14.6. The maximum atomic E-state index is 12.9. The molecule has 3 aromatic rings. The molecule has 0 aliphatic rings. The van der Waals surface area contributed by atoms with Gasteiger partial charge in [-0.3, -0.25) is 14.9 Å². The average molecular weight is 432 g/mol. The summed E-state index contributed by atoms with van der Waals surface area (Å²) in [5.74, 6) is -0.698. The van der Waals surface area contributed by atoms with Crippen molar-refractivity contribution >= 4 is 40.3 Å². The molecule has 1 aromatic heterocycles. The van der Waals surface area contributed by atoms with E-state index in [0.29, 0.717) is 11.4 Å². The predicted octanol–water partition coefficient (Wildman–Crippen LogP) is 4.85. The fourth-order valence-electron chi connectivity index (χ4n) is 2.62. The van der Waals surface area contributed by atoms with Crippen molar-refractivity contribution in [3.05, 3.63) is 70.5 Å². The number of nitrogens with zero attached hydrogens (tertiary/aromatic N) is 3. The van der Waals surface area contributed by atoms with Gasteiger partial charge in [-0.2, -0.15) is 13.2 Å². The summed E-state index contributed by atoms with van der Waals surface area (Å²) >= 11 is 0. The summed E-state index contributed by atoms with van der Waals surface area (Å²) in [5.41, 5.74) is -0.525. The van der Waals surface area contributed by atoms with E-state index in [1.165, 1.54) is 19.1 Å². The number of alkyl halides is 3. The molecule has 1 heterocycles. The molecule has 0 saturated heterocycles. The third-order valence-electron chi connectivity index (χ3n) is 3.93. The Kier molecular flexibility index (Phi) is 6.00. The quantitative estimate of drug-likeness (QED) is 0.376. The van der Waals surface area contributed by atoms with Gasteiger partial charge in [-0.1, -0.05) is 6.07 Å². The Morgan fingerprint density at radius 1 is 0.968 bits per heavy atom. The summed E-state index contributed by atoms with van der Waals surface area (Å²) in [6.07, 6.45) is -3.53. The van der Waals surface area contributed by atoms with Crippen LogP contribution in [0.15, 0.2) is 54.9 Å². The molecule has 3 N–H and O–H groups in total. The van der Waals surface area contributed by atoms with Crippen molar-refractivity contribution in [1.82, 2.24) is 9.97 Å². The number of hydrogen-bond donors (Lipinski definition) is 3. The van der Waals surface area contributed by atoms with Crippen LogP contribution in [0, 0.1) is 10.1 Å². The van der Waals surface area contributed by atoms with Crippen LogP contribution >= 0.6 is 0 Å². The van der Waals surface area contributed by atoms with Gasteiger partial charge in [0.25, 0.3) is 0 Å². The lowest BCUT2D eigenvalue weighted by Crippen LogP contribution is -2.08. The monoisotopic (exact) mass is 432 g/mol. The molecule has 0 saturated carbocycles. The van der Waals surface area contributed by atoms with Crippen LogP contribution in [-0.4, -0.2) is 20.8 Å². The van der Waals surface area contributed by atoms with Crippen LogP contribution in [0.5, 0.6) is 0 Å². The maximum absolute atomic E-state index is 12.9. The SMILES string of the molecule is CC(=O)Nc1ccc(Nc2ncnc(Nc3cccc(C(F)(F)F)c3)c2[N+](=O)[O-])cc1. The lowest BCUT2D eigenvalue weighted by molar-refractivity contribution is -0.383. The van der Waals surface area contributed by atoms with E-state index < -0.39 is 22.4 Å². The van der Waals surface area contributed by atoms with Crippen LogP contribution in [0.1, 0.15) is 12.5 Å². The van der Waals surface area contributed by atoms with Crippen LogP contribution in [-0.2, 0) is 11.0 Å². The van der Waals surface area contributed by atoms with Gasteiger partial charge >= 0.3 is 11.9 Å².